The van der Waals surface area contributed by atoms with E-state index >= 15 is 0 Å². The van der Waals surface area contributed by atoms with Crippen LogP contribution in [-0.4, -0.2) is 23.5 Å². The predicted molar refractivity (Wildman–Crippen MR) is 105 cm³/mol. The first kappa shape index (κ1) is 19.3. The minimum absolute atomic E-state index is 0.202. The second-order valence-electron chi connectivity index (χ2n) is 6.30. The highest BCUT2D eigenvalue weighted by molar-refractivity contribution is 6.05. The lowest BCUT2D eigenvalue weighted by atomic mass is 10.1. The van der Waals surface area contributed by atoms with Crippen LogP contribution in [0.4, 0.5) is 14.5 Å². The zero-order chi connectivity index (χ0) is 21.1. The summed E-state index contributed by atoms with van der Waals surface area (Å²) in [6.45, 7) is -0.650. The topological polar surface area (TPSA) is 81.4 Å². The number of fused-ring (bicyclic) bond motifs is 1. The Kier molecular flexibility index (Phi) is 5.21. The van der Waals surface area contributed by atoms with Crippen LogP contribution in [0.5, 0.6) is 0 Å². The fourth-order valence-electron chi connectivity index (χ4n) is 2.88. The number of benzene rings is 2. The Morgan fingerprint density at radius 3 is 2.63 bits per heavy atom. The van der Waals surface area contributed by atoms with Gasteiger partial charge in [-0.2, -0.15) is 0 Å². The van der Waals surface area contributed by atoms with Gasteiger partial charge in [0.15, 0.2) is 12.4 Å². The summed E-state index contributed by atoms with van der Waals surface area (Å²) in [5, 5.41) is 2.77. The number of nitrogens with zero attached hydrogens (tertiary/aromatic N) is 1. The number of aromatic nitrogens is 1. The van der Waals surface area contributed by atoms with Crippen LogP contribution in [0.3, 0.4) is 0 Å². The minimum atomic E-state index is -0.933. The number of hydrogen-bond acceptors (Lipinski definition) is 5. The van der Waals surface area contributed by atoms with Crippen LogP contribution in [0.2, 0.25) is 0 Å². The molecule has 0 atom stereocenters. The molecule has 6 nitrogen and oxygen atoms in total. The van der Waals surface area contributed by atoms with E-state index in [1.54, 1.807) is 36.4 Å². The molecule has 4 rings (SSSR count). The molecule has 0 spiro atoms. The molecule has 0 aliphatic rings. The summed E-state index contributed by atoms with van der Waals surface area (Å²) < 4.78 is 37.1. The number of anilines is 1. The highest BCUT2D eigenvalue weighted by atomic mass is 19.1. The van der Waals surface area contributed by atoms with Gasteiger partial charge in [-0.1, -0.05) is 18.2 Å². The van der Waals surface area contributed by atoms with Crippen molar-refractivity contribution in [2.75, 3.05) is 11.9 Å². The summed E-state index contributed by atoms with van der Waals surface area (Å²) >= 11 is 0. The number of hydrogen-bond donors (Lipinski definition) is 1. The van der Waals surface area contributed by atoms with Crippen molar-refractivity contribution in [3.8, 4) is 11.5 Å². The molecule has 0 aliphatic heterocycles. The number of furan rings is 1. The van der Waals surface area contributed by atoms with E-state index in [2.05, 4.69) is 10.3 Å². The Labute approximate surface area is 169 Å². The quantitative estimate of drug-likeness (QED) is 0.490. The molecule has 4 aromatic rings. The van der Waals surface area contributed by atoms with Crippen molar-refractivity contribution in [3.05, 3.63) is 84.1 Å². The van der Waals surface area contributed by atoms with Crippen molar-refractivity contribution in [1.29, 1.82) is 0 Å². The highest BCUT2D eigenvalue weighted by Gasteiger charge is 2.18. The third kappa shape index (κ3) is 4.02. The lowest BCUT2D eigenvalue weighted by molar-refractivity contribution is -0.119. The van der Waals surface area contributed by atoms with Gasteiger partial charge < -0.3 is 14.5 Å². The van der Waals surface area contributed by atoms with Gasteiger partial charge in [0.1, 0.15) is 17.3 Å². The molecule has 30 heavy (non-hydrogen) atoms. The van der Waals surface area contributed by atoms with Gasteiger partial charge in [0, 0.05) is 11.5 Å². The average molecular weight is 408 g/mol. The average Bonchev–Trinajstić information content (AvgIpc) is 3.28. The number of ether oxygens (including phenoxy) is 1. The van der Waals surface area contributed by atoms with Gasteiger partial charge in [-0.15, -0.1) is 0 Å². The standard InChI is InChI=1S/C22H14F2N2O4/c23-13-7-8-18(16(24)10-13)26-21(27)12-30-22(28)15-11-19(20-6-3-9-29-20)25-17-5-2-1-4-14(15)17/h1-11H,12H2,(H,26,27). The summed E-state index contributed by atoms with van der Waals surface area (Å²) in [6.07, 6.45) is 1.49. The molecule has 0 bridgehead atoms. The molecular formula is C22H14F2N2O4. The number of amides is 1. The Morgan fingerprint density at radius 1 is 1.03 bits per heavy atom. The SMILES string of the molecule is O=C(COC(=O)c1cc(-c2ccco2)nc2ccccc12)Nc1ccc(F)cc1F. The van der Waals surface area contributed by atoms with E-state index in [0.29, 0.717) is 28.4 Å². The van der Waals surface area contributed by atoms with Crippen LogP contribution in [0, 0.1) is 11.6 Å². The van der Waals surface area contributed by atoms with E-state index in [-0.39, 0.29) is 11.3 Å². The van der Waals surface area contributed by atoms with Gasteiger partial charge in [0.2, 0.25) is 0 Å². The van der Waals surface area contributed by atoms with Crippen LogP contribution < -0.4 is 5.32 Å². The largest absolute Gasteiger partial charge is 0.463 e. The van der Waals surface area contributed by atoms with E-state index in [9.17, 15) is 18.4 Å². The monoisotopic (exact) mass is 408 g/mol. The Balaban J connectivity index is 1.53. The van der Waals surface area contributed by atoms with E-state index in [4.69, 9.17) is 9.15 Å². The van der Waals surface area contributed by atoms with Crippen LogP contribution in [0.1, 0.15) is 10.4 Å². The molecule has 1 amide bonds. The highest BCUT2D eigenvalue weighted by Crippen LogP contribution is 2.25. The molecule has 8 heteroatoms. The predicted octanol–water partition coefficient (Wildman–Crippen LogP) is 4.57. The summed E-state index contributed by atoms with van der Waals surface area (Å²) in [6, 6.07) is 14.6. The van der Waals surface area contributed by atoms with Gasteiger partial charge in [0.05, 0.1) is 23.0 Å². The Hall–Kier alpha value is -4.07. The summed E-state index contributed by atoms with van der Waals surface area (Å²) in [7, 11) is 0. The van der Waals surface area contributed by atoms with Crippen molar-refractivity contribution >= 4 is 28.5 Å². The van der Waals surface area contributed by atoms with Crippen molar-refractivity contribution in [1.82, 2.24) is 4.98 Å². The molecule has 150 valence electrons. The fraction of sp³-hybridized carbons (Fsp3) is 0.0455. The van der Waals surface area contributed by atoms with Gasteiger partial charge in [-0.05, 0) is 36.4 Å². The fourth-order valence-corrected chi connectivity index (χ4v) is 2.88. The molecule has 0 fully saturated rings. The Bertz CT molecular complexity index is 1240. The second-order valence-corrected chi connectivity index (χ2v) is 6.30. The van der Waals surface area contributed by atoms with Crippen molar-refractivity contribution in [2.45, 2.75) is 0 Å². The number of halogens is 2. The number of nitrogens with one attached hydrogen (secondary N) is 1. The first-order valence-electron chi connectivity index (χ1n) is 8.87. The second kappa shape index (κ2) is 8.12. The molecule has 0 radical (unpaired) electrons. The van der Waals surface area contributed by atoms with Gasteiger partial charge in [-0.25, -0.2) is 18.6 Å². The first-order valence-corrected chi connectivity index (χ1v) is 8.87. The molecule has 2 heterocycles. The number of carbonyl (C=O) groups excluding carboxylic acids is 2. The zero-order valence-corrected chi connectivity index (χ0v) is 15.4. The maximum atomic E-state index is 13.6. The van der Waals surface area contributed by atoms with Gasteiger partial charge >= 0.3 is 5.97 Å². The van der Waals surface area contributed by atoms with E-state index in [0.717, 1.165) is 12.1 Å². The maximum Gasteiger partial charge on any atom is 0.339 e. The Morgan fingerprint density at radius 2 is 1.87 bits per heavy atom. The molecule has 0 saturated carbocycles. The normalized spacial score (nSPS) is 10.7. The smallest absolute Gasteiger partial charge is 0.339 e. The summed E-state index contributed by atoms with van der Waals surface area (Å²) in [5.74, 6) is -2.75. The molecule has 1 N–H and O–H groups in total. The van der Waals surface area contributed by atoms with E-state index in [1.165, 1.54) is 12.3 Å². The molecule has 0 saturated heterocycles. The summed E-state index contributed by atoms with van der Waals surface area (Å²) in [4.78, 5) is 29.2. The van der Waals surface area contributed by atoms with Gasteiger partial charge in [0.25, 0.3) is 5.91 Å². The number of rotatable bonds is 5. The number of para-hydroxylation sites is 1. The van der Waals surface area contributed by atoms with Crippen molar-refractivity contribution in [2.24, 2.45) is 0 Å². The van der Waals surface area contributed by atoms with E-state index in [1.807, 2.05) is 0 Å². The first-order chi connectivity index (χ1) is 14.5. The number of esters is 1. The third-order valence-corrected chi connectivity index (χ3v) is 4.25. The maximum absolute atomic E-state index is 13.6. The van der Waals surface area contributed by atoms with Crippen LogP contribution in [0.15, 0.2) is 71.3 Å². The van der Waals surface area contributed by atoms with Crippen molar-refractivity contribution in [3.63, 3.8) is 0 Å². The number of pyridine rings is 1. The molecule has 0 aliphatic carbocycles. The van der Waals surface area contributed by atoms with Gasteiger partial charge in [-0.3, -0.25) is 4.79 Å². The van der Waals surface area contributed by atoms with Crippen LogP contribution in [0.25, 0.3) is 22.4 Å². The lowest BCUT2D eigenvalue weighted by Gasteiger charge is -2.10. The molecule has 2 aromatic heterocycles. The third-order valence-electron chi connectivity index (χ3n) is 4.25. The van der Waals surface area contributed by atoms with E-state index < -0.39 is 30.1 Å². The molecule has 0 unspecified atom stereocenters. The lowest BCUT2D eigenvalue weighted by Crippen LogP contribution is -2.21. The molecular weight excluding hydrogens is 394 g/mol. The van der Waals surface area contributed by atoms with Crippen LogP contribution >= 0.6 is 0 Å². The summed E-state index contributed by atoms with van der Waals surface area (Å²) in [5.41, 5.74) is 0.972. The number of carbonyl (C=O) groups is 2. The zero-order valence-electron chi connectivity index (χ0n) is 15.4. The van der Waals surface area contributed by atoms with Crippen LogP contribution in [-0.2, 0) is 9.53 Å². The van der Waals surface area contributed by atoms with Crippen molar-refractivity contribution < 1.29 is 27.5 Å². The minimum Gasteiger partial charge on any atom is -0.463 e. The molecule has 2 aromatic carbocycles.